The van der Waals surface area contributed by atoms with Crippen LogP contribution in [0, 0.1) is 0 Å². The van der Waals surface area contributed by atoms with E-state index < -0.39 is 29.6 Å². The highest BCUT2D eigenvalue weighted by Gasteiger charge is 2.30. The number of hydrogen-bond acceptors (Lipinski definition) is 4. The van der Waals surface area contributed by atoms with Crippen molar-refractivity contribution in [3.8, 4) is 5.75 Å². The van der Waals surface area contributed by atoms with Crippen molar-refractivity contribution >= 4 is 23.5 Å². The summed E-state index contributed by atoms with van der Waals surface area (Å²) in [7, 11) is 0. The van der Waals surface area contributed by atoms with Crippen molar-refractivity contribution in [3.05, 3.63) is 54.1 Å². The van der Waals surface area contributed by atoms with Crippen LogP contribution in [0.1, 0.15) is 5.56 Å². The minimum Gasteiger partial charge on any atom is -0.491 e. The number of nitrogens with one attached hydrogen (secondary N) is 2. The Labute approximate surface area is 167 Å². The molecule has 0 aliphatic heterocycles. The van der Waals surface area contributed by atoms with Gasteiger partial charge in [-0.15, -0.1) is 0 Å². The van der Waals surface area contributed by atoms with Crippen molar-refractivity contribution in [2.45, 2.75) is 22.9 Å². The molecule has 158 valence electrons. The first-order valence-electron chi connectivity index (χ1n) is 8.22. The van der Waals surface area contributed by atoms with Gasteiger partial charge >= 0.3 is 12.2 Å². The van der Waals surface area contributed by atoms with E-state index in [0.717, 1.165) is 12.1 Å². The van der Waals surface area contributed by atoms with Crippen molar-refractivity contribution in [2.24, 2.45) is 0 Å². The van der Waals surface area contributed by atoms with Gasteiger partial charge in [0.15, 0.2) is 0 Å². The van der Waals surface area contributed by atoms with Crippen molar-refractivity contribution in [1.29, 1.82) is 0 Å². The van der Waals surface area contributed by atoms with E-state index in [2.05, 4.69) is 10.6 Å². The average Bonchev–Trinajstić information content (AvgIpc) is 2.65. The summed E-state index contributed by atoms with van der Waals surface area (Å²) in [5.41, 5.74) is -0.715. The van der Waals surface area contributed by atoms with Crippen LogP contribution in [-0.4, -0.2) is 36.2 Å². The summed E-state index contributed by atoms with van der Waals surface area (Å²) < 4.78 is 68.1. The summed E-state index contributed by atoms with van der Waals surface area (Å²) in [5, 5.41) is 14.5. The molecule has 2 aromatic carbocycles. The maximum atomic E-state index is 12.7. The molecule has 0 saturated heterocycles. The number of aliphatic hydroxyl groups excluding tert-OH is 1. The Morgan fingerprint density at radius 2 is 1.86 bits per heavy atom. The van der Waals surface area contributed by atoms with E-state index in [4.69, 9.17) is 4.74 Å². The topological polar surface area (TPSA) is 70.6 Å². The smallest absolute Gasteiger partial charge is 0.416 e. The minimum absolute atomic E-state index is 0.0822. The summed E-state index contributed by atoms with van der Waals surface area (Å²) in [5.74, 6) is -2.74. The second-order valence-electron chi connectivity index (χ2n) is 5.70. The molecule has 5 nitrogen and oxygen atoms in total. The largest absolute Gasteiger partial charge is 0.491 e. The zero-order chi connectivity index (χ0) is 21.4. The predicted molar refractivity (Wildman–Crippen MR) is 98.3 cm³/mol. The lowest BCUT2D eigenvalue weighted by Gasteiger charge is -2.15. The minimum atomic E-state index is -4.52. The highest BCUT2D eigenvalue weighted by molar-refractivity contribution is 7.99. The van der Waals surface area contributed by atoms with E-state index in [1.165, 1.54) is 24.3 Å². The number of amides is 2. The van der Waals surface area contributed by atoms with E-state index in [0.29, 0.717) is 0 Å². The first kappa shape index (κ1) is 22.8. The standard InChI is InChI=1S/C18H17F5N2O3S/c19-16(20)29-15-7-2-1-6-14(15)25-17(27)24-9-12(26)10-28-13-5-3-4-11(8-13)18(21,22)23/h1-8,12,16,26H,9-10H2,(H2,24,25,27). The van der Waals surface area contributed by atoms with Crippen LogP contribution in [0.4, 0.5) is 32.4 Å². The number of ether oxygens (including phenoxy) is 1. The second-order valence-corrected chi connectivity index (χ2v) is 6.73. The van der Waals surface area contributed by atoms with E-state index >= 15 is 0 Å². The number of anilines is 1. The Morgan fingerprint density at radius 3 is 2.55 bits per heavy atom. The summed E-state index contributed by atoms with van der Waals surface area (Å²) in [4.78, 5) is 12.1. The lowest BCUT2D eigenvalue weighted by molar-refractivity contribution is -0.137. The zero-order valence-electron chi connectivity index (χ0n) is 14.7. The van der Waals surface area contributed by atoms with Gasteiger partial charge < -0.3 is 20.5 Å². The van der Waals surface area contributed by atoms with Gasteiger partial charge in [0.2, 0.25) is 0 Å². The Balaban J connectivity index is 1.81. The Bertz CT molecular complexity index is 820. The Kier molecular flexibility index (Phi) is 8.09. The molecule has 0 radical (unpaired) electrons. The fraction of sp³-hybridized carbons (Fsp3) is 0.278. The molecule has 0 aromatic heterocycles. The third-order valence-corrected chi connectivity index (χ3v) is 4.24. The summed E-state index contributed by atoms with van der Waals surface area (Å²) in [6, 6.07) is 9.38. The molecule has 0 fully saturated rings. The molecular formula is C18H17F5N2O3S. The van der Waals surface area contributed by atoms with Gasteiger partial charge in [0.1, 0.15) is 18.5 Å². The van der Waals surface area contributed by atoms with E-state index in [-0.39, 0.29) is 41.2 Å². The number of thioether (sulfide) groups is 1. The van der Waals surface area contributed by atoms with Gasteiger partial charge in [0, 0.05) is 11.4 Å². The van der Waals surface area contributed by atoms with E-state index in [9.17, 15) is 31.9 Å². The fourth-order valence-corrected chi connectivity index (χ4v) is 2.75. The van der Waals surface area contributed by atoms with Gasteiger partial charge in [-0.2, -0.15) is 22.0 Å². The fourth-order valence-electron chi connectivity index (χ4n) is 2.16. The third kappa shape index (κ3) is 7.78. The molecule has 1 unspecified atom stereocenters. The Morgan fingerprint density at radius 1 is 1.14 bits per heavy atom. The zero-order valence-corrected chi connectivity index (χ0v) is 15.6. The van der Waals surface area contributed by atoms with Gasteiger partial charge in [-0.05, 0) is 30.3 Å². The summed E-state index contributed by atoms with van der Waals surface area (Å²) in [6.07, 6.45) is -5.72. The van der Waals surface area contributed by atoms with Gasteiger partial charge in [-0.25, -0.2) is 4.79 Å². The number of hydrogen-bond donors (Lipinski definition) is 3. The third-order valence-electron chi connectivity index (χ3n) is 3.45. The number of urea groups is 1. The average molecular weight is 436 g/mol. The SMILES string of the molecule is O=C(NCC(O)COc1cccc(C(F)(F)F)c1)Nc1ccccc1SC(F)F. The molecule has 0 saturated carbocycles. The number of rotatable bonds is 8. The molecule has 0 bridgehead atoms. The molecule has 0 heterocycles. The van der Waals surface area contributed by atoms with Gasteiger partial charge in [0.05, 0.1) is 11.3 Å². The van der Waals surface area contributed by atoms with Crippen molar-refractivity contribution in [1.82, 2.24) is 5.32 Å². The summed E-state index contributed by atoms with van der Waals surface area (Å²) in [6.45, 7) is -0.631. The molecule has 1 atom stereocenters. The number of benzene rings is 2. The van der Waals surface area contributed by atoms with Gasteiger partial charge in [-0.1, -0.05) is 30.0 Å². The molecule has 2 rings (SSSR count). The van der Waals surface area contributed by atoms with Crippen LogP contribution in [0.2, 0.25) is 0 Å². The number of carbonyl (C=O) groups excluding carboxylic acids is 1. The number of carbonyl (C=O) groups is 1. The highest BCUT2D eigenvalue weighted by atomic mass is 32.2. The lowest BCUT2D eigenvalue weighted by Crippen LogP contribution is -2.37. The van der Waals surface area contributed by atoms with Crippen LogP contribution in [0.5, 0.6) is 5.75 Å². The van der Waals surface area contributed by atoms with Crippen LogP contribution in [-0.2, 0) is 6.18 Å². The molecule has 29 heavy (non-hydrogen) atoms. The molecule has 0 aliphatic carbocycles. The number of aliphatic hydroxyl groups is 1. The van der Waals surface area contributed by atoms with Crippen molar-refractivity contribution in [3.63, 3.8) is 0 Å². The first-order valence-corrected chi connectivity index (χ1v) is 9.10. The molecule has 2 aromatic rings. The van der Waals surface area contributed by atoms with Gasteiger partial charge in [-0.3, -0.25) is 0 Å². The highest BCUT2D eigenvalue weighted by Crippen LogP contribution is 2.32. The first-order chi connectivity index (χ1) is 13.6. The molecular weight excluding hydrogens is 419 g/mol. The molecule has 0 spiro atoms. The van der Waals surface area contributed by atoms with E-state index in [1.54, 1.807) is 12.1 Å². The lowest BCUT2D eigenvalue weighted by atomic mass is 10.2. The van der Waals surface area contributed by atoms with E-state index in [1.807, 2.05) is 0 Å². The van der Waals surface area contributed by atoms with Crippen LogP contribution in [0.3, 0.4) is 0 Å². The molecule has 3 N–H and O–H groups in total. The maximum Gasteiger partial charge on any atom is 0.416 e. The van der Waals surface area contributed by atoms with Gasteiger partial charge in [0.25, 0.3) is 5.76 Å². The summed E-state index contributed by atoms with van der Waals surface area (Å²) >= 11 is 0.275. The molecule has 2 amide bonds. The second kappa shape index (κ2) is 10.3. The molecule has 0 aliphatic rings. The van der Waals surface area contributed by atoms with Crippen LogP contribution >= 0.6 is 11.8 Å². The number of alkyl halides is 5. The van der Waals surface area contributed by atoms with Crippen molar-refractivity contribution in [2.75, 3.05) is 18.5 Å². The maximum absolute atomic E-state index is 12.7. The van der Waals surface area contributed by atoms with Crippen molar-refractivity contribution < 1.29 is 36.6 Å². The molecule has 11 heteroatoms. The normalized spacial score (nSPS) is 12.5. The van der Waals surface area contributed by atoms with Crippen LogP contribution in [0.15, 0.2) is 53.4 Å². The predicted octanol–water partition coefficient (Wildman–Crippen LogP) is 4.58. The number of halogens is 5. The van der Waals surface area contributed by atoms with Crippen LogP contribution < -0.4 is 15.4 Å². The van der Waals surface area contributed by atoms with Crippen LogP contribution in [0.25, 0.3) is 0 Å². The monoisotopic (exact) mass is 436 g/mol. The Hall–Kier alpha value is -2.53. The quantitative estimate of drug-likeness (QED) is 0.419. The number of para-hydroxylation sites is 1.